The van der Waals surface area contributed by atoms with Crippen molar-refractivity contribution in [3.63, 3.8) is 0 Å². The summed E-state index contributed by atoms with van der Waals surface area (Å²) in [7, 11) is 0.826. The van der Waals surface area contributed by atoms with Crippen molar-refractivity contribution in [2.24, 2.45) is 5.18 Å². The Morgan fingerprint density at radius 3 is 2.59 bits per heavy atom. The first-order valence-corrected chi connectivity index (χ1v) is 13.6. The molecule has 4 aliphatic rings. The topological polar surface area (TPSA) is 81.0 Å². The lowest BCUT2D eigenvalue weighted by molar-refractivity contribution is -0.137. The Morgan fingerprint density at radius 1 is 1.03 bits per heavy atom. The smallest absolute Gasteiger partial charge is 0.316 e. The van der Waals surface area contributed by atoms with Crippen LogP contribution in [0.25, 0.3) is 22.2 Å². The monoisotopic (exact) mass is 495 g/mol. The SMILES string of the molecule is O=NC(=O)c1ccc2c(C3CCCCC3)c3n(c2c1)C[C@]1(C(=O)N2CCOCC2)B[C@@H]1c1ccccc1-3. The summed E-state index contributed by atoms with van der Waals surface area (Å²) in [6, 6.07) is 14.2. The maximum absolute atomic E-state index is 14.1. The molecule has 4 heterocycles. The van der Waals surface area contributed by atoms with Crippen molar-refractivity contribution in [2.75, 3.05) is 26.3 Å². The van der Waals surface area contributed by atoms with Crippen molar-refractivity contribution < 1.29 is 14.3 Å². The van der Waals surface area contributed by atoms with Gasteiger partial charge in [0.05, 0.1) is 18.9 Å². The van der Waals surface area contributed by atoms with Gasteiger partial charge >= 0.3 is 5.91 Å². The Kier molecular flexibility index (Phi) is 5.36. The van der Waals surface area contributed by atoms with E-state index >= 15 is 0 Å². The minimum absolute atomic E-state index is 0.176. The molecule has 0 bridgehead atoms. The van der Waals surface area contributed by atoms with Crippen LogP contribution in [0.5, 0.6) is 0 Å². The zero-order valence-corrected chi connectivity index (χ0v) is 20.9. The van der Waals surface area contributed by atoms with Gasteiger partial charge in [-0.2, -0.15) is 0 Å². The number of hydrogen-bond acceptors (Lipinski definition) is 4. The van der Waals surface area contributed by atoms with Gasteiger partial charge in [0.15, 0.2) is 7.28 Å². The van der Waals surface area contributed by atoms with E-state index in [4.69, 9.17) is 4.74 Å². The number of aromatic nitrogens is 1. The molecule has 0 spiro atoms. The molecule has 1 aromatic heterocycles. The summed E-state index contributed by atoms with van der Waals surface area (Å²) in [6.07, 6.45) is 5.99. The van der Waals surface area contributed by atoms with Crippen molar-refractivity contribution >= 4 is 30.0 Å². The Labute approximate surface area is 216 Å². The Hall–Kier alpha value is -3.26. The second-order valence-electron chi connectivity index (χ2n) is 11.2. The molecular weight excluding hydrogens is 465 g/mol. The number of hydrogen-bond donors (Lipinski definition) is 0. The fraction of sp³-hybridized carbons (Fsp3) is 0.448. The van der Waals surface area contributed by atoms with Crippen LogP contribution in [0.3, 0.4) is 0 Å². The molecule has 7 nitrogen and oxygen atoms in total. The molecule has 188 valence electrons. The third kappa shape index (κ3) is 3.45. The highest BCUT2D eigenvalue weighted by molar-refractivity contribution is 6.64. The summed E-state index contributed by atoms with van der Waals surface area (Å²) < 4.78 is 7.84. The molecule has 0 radical (unpaired) electrons. The fourth-order valence-electron chi connectivity index (χ4n) is 7.39. The van der Waals surface area contributed by atoms with Crippen LogP contribution in [0, 0.1) is 4.91 Å². The molecule has 3 aromatic rings. The average molecular weight is 495 g/mol. The summed E-state index contributed by atoms with van der Waals surface area (Å²) in [5.74, 6) is 0.0710. The van der Waals surface area contributed by atoms with E-state index in [2.05, 4.69) is 34.0 Å². The predicted octanol–water partition coefficient (Wildman–Crippen LogP) is 4.78. The number of benzene rings is 2. The normalized spacial score (nSPS) is 24.9. The van der Waals surface area contributed by atoms with Crippen molar-refractivity contribution in [3.05, 3.63) is 64.1 Å². The van der Waals surface area contributed by atoms with Gasteiger partial charge in [0, 0.05) is 52.2 Å². The van der Waals surface area contributed by atoms with Crippen LogP contribution in [-0.4, -0.2) is 54.9 Å². The lowest BCUT2D eigenvalue weighted by Gasteiger charge is -2.32. The number of ether oxygens (including phenoxy) is 1. The van der Waals surface area contributed by atoms with E-state index in [0.29, 0.717) is 44.3 Å². The van der Waals surface area contributed by atoms with Gasteiger partial charge in [-0.3, -0.25) is 9.59 Å². The van der Waals surface area contributed by atoms with Gasteiger partial charge in [-0.05, 0) is 47.8 Å². The van der Waals surface area contributed by atoms with Gasteiger partial charge in [-0.25, -0.2) is 0 Å². The van der Waals surface area contributed by atoms with E-state index in [0.717, 1.165) is 31.0 Å². The minimum atomic E-state index is -0.755. The second kappa shape index (κ2) is 8.66. The van der Waals surface area contributed by atoms with Crippen molar-refractivity contribution in [1.29, 1.82) is 0 Å². The van der Waals surface area contributed by atoms with Crippen LogP contribution in [0.2, 0.25) is 5.31 Å². The molecule has 0 unspecified atom stereocenters. The zero-order chi connectivity index (χ0) is 25.1. The summed E-state index contributed by atoms with van der Waals surface area (Å²) in [4.78, 5) is 39.5. The molecule has 2 aromatic carbocycles. The fourth-order valence-corrected chi connectivity index (χ4v) is 7.39. The van der Waals surface area contributed by atoms with Gasteiger partial charge in [0.25, 0.3) is 0 Å². The van der Waals surface area contributed by atoms with E-state index < -0.39 is 11.2 Å². The molecule has 3 fully saturated rings. The third-order valence-corrected chi connectivity index (χ3v) is 9.28. The highest BCUT2D eigenvalue weighted by Gasteiger charge is 2.64. The standard InChI is InChI=1S/C29H30BN3O4/c34-27(31-36)19-10-11-22-23(16-19)33-17-29(28(35)32-12-14-37-15-13-32)26(30-29)21-9-5-4-8-20(21)25(33)24(22)18-6-2-1-3-7-18/h4-5,8-11,16,18,26,30H,1-3,6-7,12-15,17H2/t26-,29+/m1/s1. The van der Waals surface area contributed by atoms with Crippen LogP contribution in [0.4, 0.5) is 0 Å². The molecular formula is C29H30BN3O4. The molecule has 2 atom stereocenters. The van der Waals surface area contributed by atoms with Crippen LogP contribution >= 0.6 is 0 Å². The first-order chi connectivity index (χ1) is 18.1. The summed E-state index contributed by atoms with van der Waals surface area (Å²) in [5.41, 5.74) is 6.24. The molecule has 37 heavy (non-hydrogen) atoms. The number of fused-ring (bicyclic) bond motifs is 7. The predicted molar refractivity (Wildman–Crippen MR) is 143 cm³/mol. The first-order valence-electron chi connectivity index (χ1n) is 13.6. The molecule has 1 aliphatic carbocycles. The average Bonchev–Trinajstić information content (AvgIpc) is 3.63. The number of carbonyl (C=O) groups excluding carboxylic acids is 2. The van der Waals surface area contributed by atoms with Gasteiger partial charge in [0.2, 0.25) is 5.91 Å². The number of amides is 2. The number of carbonyl (C=O) groups is 2. The van der Waals surface area contributed by atoms with Gasteiger partial charge < -0.3 is 14.2 Å². The maximum Gasteiger partial charge on any atom is 0.316 e. The quantitative estimate of drug-likeness (QED) is 0.387. The molecule has 8 heteroatoms. The largest absolute Gasteiger partial charge is 0.378 e. The minimum Gasteiger partial charge on any atom is -0.378 e. The summed E-state index contributed by atoms with van der Waals surface area (Å²) >= 11 is 0. The van der Waals surface area contributed by atoms with Crippen molar-refractivity contribution in [2.45, 2.75) is 55.7 Å². The van der Waals surface area contributed by atoms with Gasteiger partial charge in [0.1, 0.15) is 0 Å². The maximum atomic E-state index is 14.1. The molecule has 7 rings (SSSR count). The van der Waals surface area contributed by atoms with Gasteiger partial charge in [-0.1, -0.05) is 49.6 Å². The summed E-state index contributed by atoms with van der Waals surface area (Å²) in [6.45, 7) is 3.00. The Morgan fingerprint density at radius 2 is 1.81 bits per heavy atom. The first kappa shape index (κ1) is 22.9. The summed E-state index contributed by atoms with van der Waals surface area (Å²) in [5, 5.41) is 3.31. The van der Waals surface area contributed by atoms with E-state index in [1.807, 2.05) is 17.0 Å². The molecule has 1 saturated carbocycles. The Bertz CT molecular complexity index is 1440. The van der Waals surface area contributed by atoms with Gasteiger partial charge in [-0.15, -0.1) is 4.91 Å². The second-order valence-corrected chi connectivity index (χ2v) is 11.2. The number of nitrogens with zero attached hydrogens (tertiary/aromatic N) is 3. The molecule has 3 aliphatic heterocycles. The zero-order valence-electron chi connectivity index (χ0n) is 20.9. The number of nitroso groups, excluding NO2 is 1. The van der Waals surface area contributed by atoms with Crippen molar-refractivity contribution in [1.82, 2.24) is 9.47 Å². The number of rotatable bonds is 3. The highest BCUT2D eigenvalue weighted by Crippen LogP contribution is 2.65. The highest BCUT2D eigenvalue weighted by atomic mass is 16.5. The van der Waals surface area contributed by atoms with Crippen LogP contribution in [0.15, 0.2) is 47.6 Å². The van der Waals surface area contributed by atoms with Crippen LogP contribution in [0.1, 0.15) is 65.3 Å². The number of morpholine rings is 1. The van der Waals surface area contributed by atoms with Crippen LogP contribution in [-0.2, 0) is 16.1 Å². The van der Waals surface area contributed by atoms with E-state index in [1.165, 1.54) is 41.6 Å². The van der Waals surface area contributed by atoms with E-state index in [1.54, 1.807) is 6.07 Å². The van der Waals surface area contributed by atoms with Crippen LogP contribution < -0.4 is 0 Å². The molecule has 2 saturated heterocycles. The van der Waals surface area contributed by atoms with E-state index in [9.17, 15) is 14.5 Å². The van der Waals surface area contributed by atoms with Crippen molar-refractivity contribution in [3.8, 4) is 11.3 Å². The lowest BCUT2D eigenvalue weighted by Crippen LogP contribution is -2.44. The third-order valence-electron chi connectivity index (χ3n) is 9.28. The molecule has 2 amide bonds. The lowest BCUT2D eigenvalue weighted by atomic mass is 9.80. The van der Waals surface area contributed by atoms with E-state index in [-0.39, 0.29) is 11.7 Å². The Balaban J connectivity index is 1.47. The molecule has 0 N–H and O–H groups in total.